The number of hydrogen-bond acceptors (Lipinski definition) is 3. The molecule has 0 bridgehead atoms. The molecule has 2 aliphatic carbocycles. The van der Waals surface area contributed by atoms with Crippen LogP contribution in [0.5, 0.6) is 0 Å². The summed E-state index contributed by atoms with van der Waals surface area (Å²) in [7, 11) is 0. The van der Waals surface area contributed by atoms with Crippen LogP contribution in [0.2, 0.25) is 0 Å². The first-order chi connectivity index (χ1) is 26.6. The first kappa shape index (κ1) is 36.9. The molecule has 0 saturated heterocycles. The van der Waals surface area contributed by atoms with Crippen molar-refractivity contribution in [2.24, 2.45) is 17.3 Å². The molecule has 1 saturated carbocycles. The molecule has 1 fully saturated rings. The van der Waals surface area contributed by atoms with Gasteiger partial charge in [0, 0.05) is 39.5 Å². The second-order valence-electron chi connectivity index (χ2n) is 22.4. The summed E-state index contributed by atoms with van der Waals surface area (Å²) in [6.45, 7) is 33.3. The van der Waals surface area contributed by atoms with E-state index in [1.165, 1.54) is 96.7 Å². The summed E-state index contributed by atoms with van der Waals surface area (Å²) in [5.41, 5.74) is 21.3. The molecule has 10 rings (SSSR count). The molecule has 0 radical (unpaired) electrons. The Hall–Kier alpha value is -4.44. The minimum Gasteiger partial charge on any atom is -0.468 e. The molecule has 2 unspecified atom stereocenters. The molecule has 0 N–H and O–H groups in total. The molecule has 292 valence electrons. The Morgan fingerprint density at radius 1 is 0.684 bits per heavy atom. The van der Waals surface area contributed by atoms with Crippen LogP contribution in [-0.4, -0.2) is 6.71 Å². The van der Waals surface area contributed by atoms with Crippen LogP contribution in [0.25, 0.3) is 11.0 Å². The fourth-order valence-corrected chi connectivity index (χ4v) is 11.5. The van der Waals surface area contributed by atoms with Crippen molar-refractivity contribution in [3.63, 3.8) is 0 Å². The number of nitrogens with zero attached hydrogens (tertiary/aromatic N) is 2. The third-order valence-corrected chi connectivity index (χ3v) is 14.9. The Bertz CT molecular complexity index is 2610. The summed E-state index contributed by atoms with van der Waals surface area (Å²) < 4.78 is 7.32. The minimum absolute atomic E-state index is 0.00135. The van der Waals surface area contributed by atoms with Crippen LogP contribution in [0.1, 0.15) is 129 Å². The predicted octanol–water partition coefficient (Wildman–Crippen LogP) is 13.2. The van der Waals surface area contributed by atoms with Gasteiger partial charge in [-0.3, -0.25) is 0 Å². The van der Waals surface area contributed by atoms with Crippen molar-refractivity contribution in [1.29, 1.82) is 0 Å². The van der Waals surface area contributed by atoms with Crippen LogP contribution in [0.3, 0.4) is 0 Å². The minimum atomic E-state index is -0.0189. The molecule has 4 heterocycles. The normalized spacial score (nSPS) is 23.1. The molecular formula is C53H61BN2O. The van der Waals surface area contributed by atoms with Crippen molar-refractivity contribution >= 4 is 57.2 Å². The summed E-state index contributed by atoms with van der Waals surface area (Å²) in [5.74, 6) is 0.782. The van der Waals surface area contributed by atoms with E-state index in [1.807, 2.05) is 0 Å². The van der Waals surface area contributed by atoms with Gasteiger partial charge < -0.3 is 14.2 Å². The van der Waals surface area contributed by atoms with Crippen molar-refractivity contribution in [2.75, 3.05) is 9.80 Å². The van der Waals surface area contributed by atoms with E-state index in [0.29, 0.717) is 11.8 Å². The van der Waals surface area contributed by atoms with Crippen molar-refractivity contribution in [2.45, 2.75) is 131 Å². The molecule has 3 aliphatic heterocycles. The van der Waals surface area contributed by atoms with Crippen LogP contribution in [0.4, 0.5) is 28.4 Å². The second kappa shape index (κ2) is 11.4. The lowest BCUT2D eigenvalue weighted by Crippen LogP contribution is -2.61. The molecule has 5 aliphatic rings. The summed E-state index contributed by atoms with van der Waals surface area (Å²) in [6.07, 6.45) is 7.57. The Labute approximate surface area is 342 Å². The first-order valence-electron chi connectivity index (χ1n) is 21.6. The number of furan rings is 1. The Balaban J connectivity index is 1.33. The van der Waals surface area contributed by atoms with Gasteiger partial charge in [-0.1, -0.05) is 126 Å². The molecular weight excluding hydrogens is 691 g/mol. The summed E-state index contributed by atoms with van der Waals surface area (Å²) in [5, 5.41) is 1.19. The smallest absolute Gasteiger partial charge is 0.296 e. The van der Waals surface area contributed by atoms with E-state index in [2.05, 4.69) is 186 Å². The molecule has 1 aromatic heterocycles. The fraction of sp³-hybridized carbons (Fsp3) is 0.434. The molecule has 4 aromatic carbocycles. The average molecular weight is 753 g/mol. The zero-order chi connectivity index (χ0) is 40.5. The standard InChI is InChI=1S/C53H61BN2O/c1-30-25-40-44-41(26-30)56-45-31(2)27-34(51(9,10)11)29-38(45)53(14)24-23-52(12,13)37-20-21-39(47(56)43(37)53)54(44)48-46(36-28-33(50(6,7)8)17-22-42(36)57-48)55(40)35-18-15-32(16-19-35)49(3,4)5/h15-22,25-29,37,43H,23-24H2,1-14H3/t37?,43?,53-/m0/s1. The number of anilines is 5. The third kappa shape index (κ3) is 5.04. The lowest BCUT2D eigenvalue weighted by Gasteiger charge is -2.62. The largest absolute Gasteiger partial charge is 0.468 e. The number of rotatable bonds is 1. The Morgan fingerprint density at radius 2 is 1.32 bits per heavy atom. The first-order valence-corrected chi connectivity index (χ1v) is 21.6. The van der Waals surface area contributed by atoms with Gasteiger partial charge in [-0.25, -0.2) is 0 Å². The molecule has 3 nitrogen and oxygen atoms in total. The van der Waals surface area contributed by atoms with E-state index in [-0.39, 0.29) is 33.8 Å². The van der Waals surface area contributed by atoms with Gasteiger partial charge in [0.05, 0.1) is 17.0 Å². The fourth-order valence-electron chi connectivity index (χ4n) is 11.5. The van der Waals surface area contributed by atoms with Crippen LogP contribution in [0.15, 0.2) is 94.5 Å². The van der Waals surface area contributed by atoms with Crippen LogP contribution < -0.4 is 20.9 Å². The molecule has 5 aromatic rings. The number of benzene rings is 4. The second-order valence-corrected chi connectivity index (χ2v) is 22.4. The highest BCUT2D eigenvalue weighted by molar-refractivity contribution is 6.95. The van der Waals surface area contributed by atoms with Gasteiger partial charge in [-0.2, -0.15) is 0 Å². The van der Waals surface area contributed by atoms with E-state index in [4.69, 9.17) is 4.42 Å². The Kier molecular flexibility index (Phi) is 7.37. The number of aryl methyl sites for hydroxylation is 2. The number of allylic oxidation sites excluding steroid dienone is 4. The van der Waals surface area contributed by atoms with E-state index in [0.717, 1.165) is 11.2 Å². The monoisotopic (exact) mass is 752 g/mol. The van der Waals surface area contributed by atoms with Crippen LogP contribution >= 0.6 is 0 Å². The summed E-state index contributed by atoms with van der Waals surface area (Å²) in [6, 6.07) is 26.3. The van der Waals surface area contributed by atoms with Gasteiger partial charge in [0.25, 0.3) is 6.71 Å². The van der Waals surface area contributed by atoms with Crippen LogP contribution in [0, 0.1) is 31.1 Å². The average Bonchev–Trinajstić information content (AvgIpc) is 3.50. The van der Waals surface area contributed by atoms with E-state index >= 15 is 0 Å². The van der Waals surface area contributed by atoms with Crippen molar-refractivity contribution in [1.82, 2.24) is 0 Å². The van der Waals surface area contributed by atoms with Crippen molar-refractivity contribution in [3.05, 3.63) is 123 Å². The quantitative estimate of drug-likeness (QED) is 0.159. The van der Waals surface area contributed by atoms with E-state index < -0.39 is 0 Å². The molecule has 3 atom stereocenters. The van der Waals surface area contributed by atoms with Gasteiger partial charge in [0.2, 0.25) is 0 Å². The van der Waals surface area contributed by atoms with E-state index in [9.17, 15) is 0 Å². The SMILES string of the molecule is Cc1cc2c3c(c1)N(c1ccc(C(C)(C)C)cc1)c1c(oc4ccc(C(C)(C)C)cc14)B3C1=C3C4C(C=C1)C(C)(C)CC[C@@]4(C)c1cc(C(C)(C)C)cc(C)c1N32. The lowest BCUT2D eigenvalue weighted by atomic mass is 9.32. The lowest BCUT2D eigenvalue weighted by molar-refractivity contribution is 0.0578. The van der Waals surface area contributed by atoms with Crippen molar-refractivity contribution < 1.29 is 4.42 Å². The molecule has 0 spiro atoms. The zero-order valence-corrected chi connectivity index (χ0v) is 37.0. The topological polar surface area (TPSA) is 19.6 Å². The highest BCUT2D eigenvalue weighted by Crippen LogP contribution is 2.66. The van der Waals surface area contributed by atoms with Gasteiger partial charge in [0.1, 0.15) is 5.58 Å². The maximum absolute atomic E-state index is 7.32. The maximum atomic E-state index is 7.32. The zero-order valence-electron chi connectivity index (χ0n) is 37.0. The Morgan fingerprint density at radius 3 is 1.96 bits per heavy atom. The van der Waals surface area contributed by atoms with Gasteiger partial charge in [0.15, 0.2) is 0 Å². The maximum Gasteiger partial charge on any atom is 0.296 e. The van der Waals surface area contributed by atoms with Crippen LogP contribution in [-0.2, 0) is 21.7 Å². The van der Waals surface area contributed by atoms with Gasteiger partial charge in [-0.15, -0.1) is 0 Å². The van der Waals surface area contributed by atoms with E-state index in [1.54, 1.807) is 0 Å². The highest BCUT2D eigenvalue weighted by atomic mass is 16.3. The predicted molar refractivity (Wildman–Crippen MR) is 244 cm³/mol. The third-order valence-electron chi connectivity index (χ3n) is 14.9. The molecule has 0 amide bonds. The number of fused-ring (bicyclic) bond motifs is 9. The van der Waals surface area contributed by atoms with Gasteiger partial charge >= 0.3 is 0 Å². The van der Waals surface area contributed by atoms with Gasteiger partial charge in [-0.05, 0) is 135 Å². The number of hydrogen-bond donors (Lipinski definition) is 0. The summed E-state index contributed by atoms with van der Waals surface area (Å²) in [4.78, 5) is 5.32. The van der Waals surface area contributed by atoms with Crippen molar-refractivity contribution in [3.8, 4) is 0 Å². The summed E-state index contributed by atoms with van der Waals surface area (Å²) >= 11 is 0. The molecule has 4 heteroatoms. The molecule has 57 heavy (non-hydrogen) atoms. The highest BCUT2D eigenvalue weighted by Gasteiger charge is 2.61.